The summed E-state index contributed by atoms with van der Waals surface area (Å²) in [6.45, 7) is 6.46. The minimum Gasteiger partial charge on any atom is -0.462 e. The zero-order chi connectivity index (χ0) is 40.1. The van der Waals surface area contributed by atoms with Crippen LogP contribution in [0.5, 0.6) is 0 Å². The standard InChI is InChI=1S/C49H86O6/c1-4-7-10-13-16-19-22-24-26-27-30-33-36-39-42-48(51)54-45-46(44-53-47(50)41-38-35-32-29-21-18-15-12-9-6-3)55-49(52)43-40-37-34-31-28-25-23-20-17-14-11-8-5-2/h11-12,14-15,20,22-24,46H,4-10,13,16-19,21,25-45H2,1-3H3/b14-11-,15-12-,23-20-,24-22-. The molecule has 0 saturated heterocycles. The van der Waals surface area contributed by atoms with Crippen molar-refractivity contribution in [3.8, 4) is 0 Å². The van der Waals surface area contributed by atoms with E-state index in [9.17, 15) is 14.4 Å². The number of carbonyl (C=O) groups excluding carboxylic acids is 3. The lowest BCUT2D eigenvalue weighted by molar-refractivity contribution is -0.167. The van der Waals surface area contributed by atoms with Crippen molar-refractivity contribution in [3.63, 3.8) is 0 Å². The SMILES string of the molecule is CCC/C=C\C/C=C\CCCCCCCC(=O)OC(COC(=O)CCCCCCC/C=C\CCC)COC(=O)CCCCCCC/C=C\CCCCCCC. The van der Waals surface area contributed by atoms with Crippen LogP contribution in [0, 0.1) is 0 Å². The first kappa shape index (κ1) is 52.4. The molecule has 55 heavy (non-hydrogen) atoms. The molecule has 0 aliphatic carbocycles. The molecule has 0 aromatic heterocycles. The van der Waals surface area contributed by atoms with Crippen molar-refractivity contribution in [1.29, 1.82) is 0 Å². The molecule has 0 spiro atoms. The highest BCUT2D eigenvalue weighted by Crippen LogP contribution is 2.13. The topological polar surface area (TPSA) is 78.9 Å². The van der Waals surface area contributed by atoms with E-state index in [1.54, 1.807) is 0 Å². The molecule has 0 fully saturated rings. The molecular formula is C49H86O6. The molecule has 0 bridgehead atoms. The summed E-state index contributed by atoms with van der Waals surface area (Å²) in [5.41, 5.74) is 0. The summed E-state index contributed by atoms with van der Waals surface area (Å²) in [5.74, 6) is -0.920. The van der Waals surface area contributed by atoms with Crippen LogP contribution >= 0.6 is 0 Å². The van der Waals surface area contributed by atoms with Gasteiger partial charge in [-0.05, 0) is 89.9 Å². The number of unbranched alkanes of at least 4 members (excludes halogenated alkanes) is 22. The van der Waals surface area contributed by atoms with Crippen LogP contribution in [-0.4, -0.2) is 37.2 Å². The quantitative estimate of drug-likeness (QED) is 0.0267. The summed E-state index contributed by atoms with van der Waals surface area (Å²) in [7, 11) is 0. The van der Waals surface area contributed by atoms with Gasteiger partial charge in [0, 0.05) is 19.3 Å². The highest BCUT2D eigenvalue weighted by molar-refractivity contribution is 5.71. The van der Waals surface area contributed by atoms with E-state index in [1.165, 1.54) is 77.0 Å². The van der Waals surface area contributed by atoms with Gasteiger partial charge in [0.25, 0.3) is 0 Å². The van der Waals surface area contributed by atoms with Crippen molar-refractivity contribution in [2.75, 3.05) is 13.2 Å². The van der Waals surface area contributed by atoms with Crippen molar-refractivity contribution in [2.24, 2.45) is 0 Å². The highest BCUT2D eigenvalue weighted by atomic mass is 16.6. The Balaban J connectivity index is 4.40. The molecule has 0 aromatic rings. The number of ether oxygens (including phenoxy) is 3. The van der Waals surface area contributed by atoms with Gasteiger partial charge in [0.05, 0.1) is 0 Å². The average molecular weight is 771 g/mol. The third-order valence-corrected chi connectivity index (χ3v) is 9.74. The van der Waals surface area contributed by atoms with Crippen LogP contribution < -0.4 is 0 Å². The first-order valence-corrected chi connectivity index (χ1v) is 23.1. The highest BCUT2D eigenvalue weighted by Gasteiger charge is 2.19. The second kappa shape index (κ2) is 44.1. The number of rotatable bonds is 41. The van der Waals surface area contributed by atoms with E-state index in [4.69, 9.17) is 14.2 Å². The molecular weight excluding hydrogens is 685 g/mol. The molecule has 1 atom stereocenters. The van der Waals surface area contributed by atoms with E-state index in [2.05, 4.69) is 69.4 Å². The van der Waals surface area contributed by atoms with Crippen LogP contribution in [0.4, 0.5) is 0 Å². The van der Waals surface area contributed by atoms with Gasteiger partial charge >= 0.3 is 17.9 Å². The van der Waals surface area contributed by atoms with Crippen molar-refractivity contribution in [1.82, 2.24) is 0 Å². The number of allylic oxidation sites excluding steroid dienone is 8. The predicted molar refractivity (Wildman–Crippen MR) is 233 cm³/mol. The monoisotopic (exact) mass is 771 g/mol. The summed E-state index contributed by atoms with van der Waals surface area (Å²) < 4.78 is 16.7. The van der Waals surface area contributed by atoms with Crippen molar-refractivity contribution >= 4 is 17.9 Å². The normalized spacial score (nSPS) is 12.4. The Hall–Kier alpha value is -2.63. The van der Waals surface area contributed by atoms with Crippen molar-refractivity contribution in [3.05, 3.63) is 48.6 Å². The molecule has 0 saturated carbocycles. The van der Waals surface area contributed by atoms with Gasteiger partial charge in [0.2, 0.25) is 0 Å². The zero-order valence-corrected chi connectivity index (χ0v) is 36.2. The molecule has 6 nitrogen and oxygen atoms in total. The zero-order valence-electron chi connectivity index (χ0n) is 36.2. The molecule has 0 aliphatic heterocycles. The fourth-order valence-corrected chi connectivity index (χ4v) is 6.24. The minimum absolute atomic E-state index is 0.0859. The molecule has 0 aliphatic rings. The number of carbonyl (C=O) groups is 3. The van der Waals surface area contributed by atoms with Gasteiger partial charge in [-0.1, -0.05) is 166 Å². The van der Waals surface area contributed by atoms with Gasteiger partial charge in [-0.3, -0.25) is 14.4 Å². The van der Waals surface area contributed by atoms with Crippen LogP contribution in [-0.2, 0) is 28.6 Å². The van der Waals surface area contributed by atoms with Gasteiger partial charge < -0.3 is 14.2 Å². The second-order valence-corrected chi connectivity index (χ2v) is 15.3. The van der Waals surface area contributed by atoms with E-state index in [1.807, 2.05) is 0 Å². The van der Waals surface area contributed by atoms with Gasteiger partial charge in [-0.25, -0.2) is 0 Å². The smallest absolute Gasteiger partial charge is 0.306 e. The van der Waals surface area contributed by atoms with E-state index in [-0.39, 0.29) is 31.1 Å². The van der Waals surface area contributed by atoms with Crippen LogP contribution in [0.25, 0.3) is 0 Å². The number of hydrogen-bond donors (Lipinski definition) is 0. The van der Waals surface area contributed by atoms with Crippen LogP contribution in [0.3, 0.4) is 0 Å². The van der Waals surface area contributed by atoms with E-state index in [0.717, 1.165) is 109 Å². The lowest BCUT2D eigenvalue weighted by Gasteiger charge is -2.18. The van der Waals surface area contributed by atoms with Crippen molar-refractivity contribution in [2.45, 2.75) is 232 Å². The Labute approximate surface area is 339 Å². The first-order chi connectivity index (χ1) is 27.0. The first-order valence-electron chi connectivity index (χ1n) is 23.1. The molecule has 1 unspecified atom stereocenters. The Morgan fingerprint density at radius 2 is 0.691 bits per heavy atom. The molecule has 0 rings (SSSR count). The molecule has 0 aromatic carbocycles. The Morgan fingerprint density at radius 1 is 0.364 bits per heavy atom. The van der Waals surface area contributed by atoms with Gasteiger partial charge in [-0.15, -0.1) is 0 Å². The second-order valence-electron chi connectivity index (χ2n) is 15.3. The van der Waals surface area contributed by atoms with Crippen LogP contribution in [0.1, 0.15) is 226 Å². The fraction of sp³-hybridized carbons (Fsp3) is 0.776. The van der Waals surface area contributed by atoms with Crippen LogP contribution in [0.15, 0.2) is 48.6 Å². The molecule has 0 N–H and O–H groups in total. The van der Waals surface area contributed by atoms with E-state index in [0.29, 0.717) is 19.3 Å². The summed E-state index contributed by atoms with van der Waals surface area (Å²) >= 11 is 0. The lowest BCUT2D eigenvalue weighted by Crippen LogP contribution is -2.30. The third-order valence-electron chi connectivity index (χ3n) is 9.74. The number of hydrogen-bond acceptors (Lipinski definition) is 6. The van der Waals surface area contributed by atoms with Gasteiger partial charge in [0.15, 0.2) is 6.10 Å². The minimum atomic E-state index is -0.783. The summed E-state index contributed by atoms with van der Waals surface area (Å²) in [6, 6.07) is 0. The van der Waals surface area contributed by atoms with E-state index >= 15 is 0 Å². The predicted octanol–water partition coefficient (Wildman–Crippen LogP) is 14.8. The lowest BCUT2D eigenvalue weighted by atomic mass is 10.1. The molecule has 0 radical (unpaired) electrons. The Morgan fingerprint density at radius 3 is 1.11 bits per heavy atom. The maximum Gasteiger partial charge on any atom is 0.306 e. The van der Waals surface area contributed by atoms with Gasteiger partial charge in [-0.2, -0.15) is 0 Å². The maximum atomic E-state index is 12.7. The Bertz CT molecular complexity index is 980. The summed E-state index contributed by atoms with van der Waals surface area (Å²) in [5, 5.41) is 0. The largest absolute Gasteiger partial charge is 0.462 e. The number of esters is 3. The molecule has 6 heteroatoms. The molecule has 0 heterocycles. The maximum absolute atomic E-state index is 12.7. The third kappa shape index (κ3) is 42.4. The van der Waals surface area contributed by atoms with E-state index < -0.39 is 6.10 Å². The average Bonchev–Trinajstić information content (AvgIpc) is 3.18. The summed E-state index contributed by atoms with van der Waals surface area (Å²) in [6.07, 6.45) is 50.9. The van der Waals surface area contributed by atoms with Gasteiger partial charge in [0.1, 0.15) is 13.2 Å². The summed E-state index contributed by atoms with van der Waals surface area (Å²) in [4.78, 5) is 37.7. The molecule has 318 valence electrons. The van der Waals surface area contributed by atoms with Crippen molar-refractivity contribution < 1.29 is 28.6 Å². The fourth-order valence-electron chi connectivity index (χ4n) is 6.24. The Kier molecular flexibility index (Phi) is 42.0. The van der Waals surface area contributed by atoms with Crippen LogP contribution in [0.2, 0.25) is 0 Å². The molecule has 0 amide bonds.